The number of hydrogen-bond acceptors (Lipinski definition) is 6. The van der Waals surface area contributed by atoms with Gasteiger partial charge in [0.25, 0.3) is 11.8 Å². The van der Waals surface area contributed by atoms with Crippen molar-refractivity contribution in [1.82, 2.24) is 35.0 Å². The van der Waals surface area contributed by atoms with Gasteiger partial charge in [-0.2, -0.15) is 4.98 Å². The number of amides is 1. The molecule has 1 saturated heterocycles. The van der Waals surface area contributed by atoms with Crippen LogP contribution in [0.5, 0.6) is 0 Å². The average molecular weight is 405 g/mol. The van der Waals surface area contributed by atoms with E-state index >= 15 is 0 Å². The highest BCUT2D eigenvalue weighted by molar-refractivity contribution is 6.06. The largest absolute Gasteiger partial charge is 0.361 e. The Morgan fingerprint density at radius 1 is 1.23 bits per heavy atom. The van der Waals surface area contributed by atoms with Crippen molar-refractivity contribution in [3.63, 3.8) is 0 Å². The van der Waals surface area contributed by atoms with Gasteiger partial charge >= 0.3 is 0 Å². The number of rotatable bonds is 4. The first-order chi connectivity index (χ1) is 14.6. The number of piperidine rings is 1. The van der Waals surface area contributed by atoms with Gasteiger partial charge in [0.15, 0.2) is 11.5 Å². The van der Waals surface area contributed by atoms with Crippen LogP contribution in [0.3, 0.4) is 0 Å². The lowest BCUT2D eigenvalue weighted by atomic mass is 10.0. The van der Waals surface area contributed by atoms with E-state index in [-0.39, 0.29) is 17.9 Å². The highest BCUT2D eigenvalue weighted by atomic mass is 16.5. The predicted molar refractivity (Wildman–Crippen MR) is 110 cm³/mol. The van der Waals surface area contributed by atoms with Crippen LogP contribution in [0.25, 0.3) is 22.5 Å². The van der Waals surface area contributed by atoms with Crippen LogP contribution in [0.1, 0.15) is 54.8 Å². The second-order valence-corrected chi connectivity index (χ2v) is 7.96. The molecule has 1 amide bonds. The number of hydrogen-bond donors (Lipinski definition) is 1. The number of carbonyl (C=O) groups is 1. The number of aromatic nitrogens is 6. The average Bonchev–Trinajstić information content (AvgIpc) is 3.52. The lowest BCUT2D eigenvalue weighted by molar-refractivity contribution is 0.0691. The van der Waals surface area contributed by atoms with Crippen molar-refractivity contribution in [2.24, 2.45) is 0 Å². The topological polar surface area (TPSA) is 106 Å². The van der Waals surface area contributed by atoms with Crippen LogP contribution in [0, 0.1) is 0 Å². The third-order valence-electron chi connectivity index (χ3n) is 5.64. The first-order valence-corrected chi connectivity index (χ1v) is 10.2. The minimum absolute atomic E-state index is 0.0741. The zero-order chi connectivity index (χ0) is 20.7. The fraction of sp³-hybridized carbons (Fsp3) is 0.381. The SMILES string of the molecule is CC(C)c1noc(-c2cn(C3CCN(C(=O)c4cccc5[nH]ccc45)CC3)nn2)n1. The number of H-pyrrole nitrogens is 1. The predicted octanol–water partition coefficient (Wildman–Crippen LogP) is 3.41. The van der Waals surface area contributed by atoms with E-state index in [2.05, 4.69) is 25.4 Å². The summed E-state index contributed by atoms with van der Waals surface area (Å²) in [6, 6.07) is 7.93. The van der Waals surface area contributed by atoms with Crippen LogP contribution in [0.2, 0.25) is 0 Å². The van der Waals surface area contributed by atoms with Crippen LogP contribution in [0.15, 0.2) is 41.2 Å². The maximum absolute atomic E-state index is 13.1. The molecule has 1 fully saturated rings. The molecule has 0 radical (unpaired) electrons. The molecular weight excluding hydrogens is 382 g/mol. The van der Waals surface area contributed by atoms with E-state index in [1.165, 1.54) is 0 Å². The monoisotopic (exact) mass is 405 g/mol. The number of nitrogens with zero attached hydrogens (tertiary/aromatic N) is 6. The lowest BCUT2D eigenvalue weighted by Gasteiger charge is -2.32. The molecule has 0 atom stereocenters. The minimum Gasteiger partial charge on any atom is -0.361 e. The number of aromatic amines is 1. The van der Waals surface area contributed by atoms with Gasteiger partial charge in [-0.05, 0) is 31.0 Å². The molecule has 0 aliphatic carbocycles. The molecule has 4 aromatic rings. The van der Waals surface area contributed by atoms with Gasteiger partial charge in [-0.3, -0.25) is 4.79 Å². The van der Waals surface area contributed by atoms with Gasteiger partial charge in [0.05, 0.1) is 12.2 Å². The summed E-state index contributed by atoms with van der Waals surface area (Å²) < 4.78 is 7.16. The molecule has 1 aromatic carbocycles. The number of nitrogens with one attached hydrogen (secondary N) is 1. The van der Waals surface area contributed by atoms with Gasteiger partial charge in [0.1, 0.15) is 0 Å². The maximum Gasteiger partial charge on any atom is 0.280 e. The van der Waals surface area contributed by atoms with E-state index in [1.807, 2.05) is 60.1 Å². The molecule has 0 saturated carbocycles. The molecule has 3 aromatic heterocycles. The van der Waals surface area contributed by atoms with Crippen LogP contribution >= 0.6 is 0 Å². The van der Waals surface area contributed by atoms with Crippen molar-refractivity contribution in [3.8, 4) is 11.6 Å². The zero-order valence-corrected chi connectivity index (χ0v) is 16.9. The molecule has 154 valence electrons. The Morgan fingerprint density at radius 2 is 2.07 bits per heavy atom. The third-order valence-corrected chi connectivity index (χ3v) is 5.64. The Balaban J connectivity index is 1.26. The zero-order valence-electron chi connectivity index (χ0n) is 16.9. The molecule has 9 nitrogen and oxygen atoms in total. The normalized spacial score (nSPS) is 15.4. The van der Waals surface area contributed by atoms with Gasteiger partial charge in [0, 0.05) is 41.7 Å². The fourth-order valence-corrected chi connectivity index (χ4v) is 3.90. The maximum atomic E-state index is 13.1. The van der Waals surface area contributed by atoms with Gasteiger partial charge in [-0.1, -0.05) is 30.3 Å². The highest BCUT2D eigenvalue weighted by Crippen LogP contribution is 2.26. The Kier molecular flexibility index (Phi) is 4.57. The number of benzene rings is 1. The standard InChI is InChI=1S/C21H23N7O2/c1-13(2)19-23-20(30-25-19)18-12-28(26-24-18)14-7-10-27(11-8-14)21(29)16-4-3-5-17-15(16)6-9-22-17/h3-6,9,12-14,22H,7-8,10-11H2,1-2H3. The van der Waals surface area contributed by atoms with Crippen molar-refractivity contribution in [2.45, 2.75) is 38.6 Å². The fourth-order valence-electron chi connectivity index (χ4n) is 3.90. The summed E-state index contributed by atoms with van der Waals surface area (Å²) in [6.07, 6.45) is 5.35. The Labute approximate surface area is 173 Å². The van der Waals surface area contributed by atoms with Crippen LogP contribution in [-0.2, 0) is 0 Å². The Bertz CT molecular complexity index is 1180. The van der Waals surface area contributed by atoms with E-state index in [0.29, 0.717) is 30.5 Å². The molecule has 0 bridgehead atoms. The van der Waals surface area contributed by atoms with E-state index in [1.54, 1.807) is 0 Å². The van der Waals surface area contributed by atoms with Crippen molar-refractivity contribution < 1.29 is 9.32 Å². The van der Waals surface area contributed by atoms with Gasteiger partial charge in [0.2, 0.25) is 0 Å². The molecule has 9 heteroatoms. The van der Waals surface area contributed by atoms with Crippen molar-refractivity contribution in [3.05, 3.63) is 48.0 Å². The Morgan fingerprint density at radius 3 is 2.83 bits per heavy atom. The van der Waals surface area contributed by atoms with E-state index < -0.39 is 0 Å². The number of carbonyl (C=O) groups excluding carboxylic acids is 1. The summed E-state index contributed by atoms with van der Waals surface area (Å²) in [4.78, 5) is 22.5. The molecule has 30 heavy (non-hydrogen) atoms. The highest BCUT2D eigenvalue weighted by Gasteiger charge is 2.27. The van der Waals surface area contributed by atoms with Crippen LogP contribution in [-0.4, -0.2) is 54.0 Å². The molecule has 1 aliphatic heterocycles. The van der Waals surface area contributed by atoms with E-state index in [0.717, 1.165) is 29.3 Å². The number of likely N-dealkylation sites (tertiary alicyclic amines) is 1. The second-order valence-electron chi connectivity index (χ2n) is 7.96. The first-order valence-electron chi connectivity index (χ1n) is 10.2. The molecule has 0 unspecified atom stereocenters. The molecule has 4 heterocycles. The van der Waals surface area contributed by atoms with Crippen molar-refractivity contribution in [2.75, 3.05) is 13.1 Å². The van der Waals surface area contributed by atoms with Crippen LogP contribution < -0.4 is 0 Å². The van der Waals surface area contributed by atoms with E-state index in [9.17, 15) is 4.79 Å². The molecule has 0 spiro atoms. The number of fused-ring (bicyclic) bond motifs is 1. The quantitative estimate of drug-likeness (QED) is 0.558. The minimum atomic E-state index is 0.0741. The van der Waals surface area contributed by atoms with E-state index in [4.69, 9.17) is 4.52 Å². The summed E-state index contributed by atoms with van der Waals surface area (Å²) >= 11 is 0. The third kappa shape index (κ3) is 3.26. The first kappa shape index (κ1) is 18.5. The summed E-state index contributed by atoms with van der Waals surface area (Å²) in [6.45, 7) is 5.38. The molecular formula is C21H23N7O2. The van der Waals surface area contributed by atoms with Crippen molar-refractivity contribution in [1.29, 1.82) is 0 Å². The summed E-state index contributed by atoms with van der Waals surface area (Å²) in [7, 11) is 0. The van der Waals surface area contributed by atoms with Crippen molar-refractivity contribution >= 4 is 16.8 Å². The summed E-state index contributed by atoms with van der Waals surface area (Å²) in [5.41, 5.74) is 2.30. The summed E-state index contributed by atoms with van der Waals surface area (Å²) in [5, 5.41) is 13.4. The summed E-state index contributed by atoms with van der Waals surface area (Å²) in [5.74, 6) is 1.31. The smallest absolute Gasteiger partial charge is 0.280 e. The molecule has 1 aliphatic rings. The van der Waals surface area contributed by atoms with Crippen LogP contribution in [0.4, 0.5) is 0 Å². The lowest BCUT2D eigenvalue weighted by Crippen LogP contribution is -2.39. The molecule has 1 N–H and O–H groups in total. The van der Waals surface area contributed by atoms with Gasteiger partial charge in [-0.25, -0.2) is 4.68 Å². The van der Waals surface area contributed by atoms with Gasteiger partial charge in [-0.15, -0.1) is 5.10 Å². The molecule has 5 rings (SSSR count). The van der Waals surface area contributed by atoms with Gasteiger partial charge < -0.3 is 14.4 Å². The second kappa shape index (κ2) is 7.40. The Hall–Kier alpha value is -3.49.